The van der Waals surface area contributed by atoms with Gasteiger partial charge in [-0.2, -0.15) is 0 Å². The zero-order chi connectivity index (χ0) is 28.2. The zero-order valence-electron chi connectivity index (χ0n) is 24.4. The monoisotopic (exact) mass is 642 g/mol. The number of carbonyl (C=O) groups is 1. The van der Waals surface area contributed by atoms with Crippen LogP contribution in [-0.4, -0.2) is 90.7 Å². The number of nitrogens with zero attached hydrogens (tertiary/aromatic N) is 2. The molecule has 2 rings (SSSR count). The molecule has 2 N–H and O–H groups in total. The number of carboxylic acid groups (broad SMARTS) is 1. The van der Waals surface area contributed by atoms with E-state index in [0.29, 0.717) is 13.2 Å². The van der Waals surface area contributed by atoms with E-state index < -0.39 is 5.97 Å². The summed E-state index contributed by atoms with van der Waals surface area (Å²) in [6, 6.07) is 16.5. The van der Waals surface area contributed by atoms with E-state index >= 15 is 0 Å². The number of hydrogen-bond donors (Lipinski definition) is 2. The van der Waals surface area contributed by atoms with E-state index in [1.54, 1.807) is 24.3 Å². The van der Waals surface area contributed by atoms with Gasteiger partial charge in [-0.3, -0.25) is 0 Å². The van der Waals surface area contributed by atoms with Crippen LogP contribution >= 0.6 is 0 Å². The minimum absolute atomic E-state index is 0. The van der Waals surface area contributed by atoms with Crippen LogP contribution in [0, 0.1) is 0 Å². The van der Waals surface area contributed by atoms with Crippen LogP contribution < -0.4 is 29.1 Å². The van der Waals surface area contributed by atoms with Crippen molar-refractivity contribution in [2.75, 3.05) is 65.6 Å². The van der Waals surface area contributed by atoms with Gasteiger partial charge in [-0.1, -0.05) is 66.7 Å². The van der Waals surface area contributed by atoms with Gasteiger partial charge in [0.15, 0.2) is 0 Å². The molecule has 0 aliphatic carbocycles. The summed E-state index contributed by atoms with van der Waals surface area (Å²) in [7, 11) is 0. The fourth-order valence-electron chi connectivity index (χ4n) is 4.20. The van der Waals surface area contributed by atoms with Gasteiger partial charge in [0.05, 0.1) is 58.5 Å². The molecule has 0 spiro atoms. The van der Waals surface area contributed by atoms with Crippen LogP contribution in [0.1, 0.15) is 63.0 Å². The molecule has 216 valence electrons. The minimum Gasteiger partial charge on any atom is -1.00 e. The van der Waals surface area contributed by atoms with E-state index in [-0.39, 0.29) is 29.5 Å². The summed E-state index contributed by atoms with van der Waals surface area (Å²) < 4.78 is 2.10. The van der Waals surface area contributed by atoms with Crippen LogP contribution in [0.4, 0.5) is 0 Å². The number of aliphatic hydroxyl groups is 2. The van der Waals surface area contributed by atoms with E-state index in [9.17, 15) is 9.90 Å². The zero-order valence-corrected chi connectivity index (χ0v) is 26.6. The Morgan fingerprint density at radius 2 is 1.00 bits per heavy atom. The molecule has 0 atom stereocenters. The molecule has 0 radical (unpaired) electrons. The van der Waals surface area contributed by atoms with Crippen molar-refractivity contribution in [2.24, 2.45) is 0 Å². The Labute approximate surface area is 248 Å². The molecule has 6 nitrogen and oxygen atoms in total. The van der Waals surface area contributed by atoms with Gasteiger partial charge in [-0.05, 0) is 58.2 Å². The van der Waals surface area contributed by atoms with Crippen molar-refractivity contribution in [2.45, 2.75) is 41.5 Å². The van der Waals surface area contributed by atoms with Gasteiger partial charge >= 0.3 is 0 Å². The van der Waals surface area contributed by atoms with E-state index in [2.05, 4.69) is 41.5 Å². The number of carboxylic acids is 1. The maximum absolute atomic E-state index is 10.6. The van der Waals surface area contributed by atoms with Gasteiger partial charge in [0.2, 0.25) is 0 Å². The average molecular weight is 643 g/mol. The lowest BCUT2D eigenvalue weighted by molar-refractivity contribution is -0.923. The first-order valence-corrected chi connectivity index (χ1v) is 13.7. The van der Waals surface area contributed by atoms with E-state index in [0.717, 1.165) is 72.5 Å². The van der Waals surface area contributed by atoms with Gasteiger partial charge in [0, 0.05) is 0 Å². The van der Waals surface area contributed by atoms with Crippen molar-refractivity contribution in [3.05, 3.63) is 71.3 Å². The molecular weight excluding hydrogens is 591 g/mol. The van der Waals surface area contributed by atoms with E-state index in [1.165, 1.54) is 0 Å². The number of quaternary nitrogens is 2. The van der Waals surface area contributed by atoms with Crippen LogP contribution in [0.2, 0.25) is 0 Å². The molecule has 0 fully saturated rings. The minimum atomic E-state index is -1.15. The Bertz CT molecular complexity index is 827. The Morgan fingerprint density at radius 3 is 1.26 bits per heavy atom. The molecule has 0 unspecified atom stereocenters. The molecule has 0 saturated heterocycles. The number of aliphatic hydroxyl groups excluding tert-OH is 2. The molecule has 0 heterocycles. The number of carbonyl (C=O) groups excluding carboxylic acids is 1. The lowest BCUT2D eigenvalue weighted by atomic mass is 10.1. The van der Waals surface area contributed by atoms with Crippen molar-refractivity contribution >= 4 is 18.1 Å². The normalized spacial score (nSPS) is 11.1. The molecule has 0 saturated carbocycles. The summed E-state index contributed by atoms with van der Waals surface area (Å²) in [6.07, 6.45) is 3.92. The Kier molecular flexibility index (Phi) is 22.3. The first-order chi connectivity index (χ1) is 17.7. The summed E-state index contributed by atoms with van der Waals surface area (Å²) in [5.41, 5.74) is 2.26. The number of hydrogen-bond acceptors (Lipinski definition) is 4. The number of likely N-dealkylation sites (N-methyl/N-ethyl adjacent to an activating group) is 2. The number of rotatable bonds is 13. The van der Waals surface area contributed by atoms with Gasteiger partial charge in [0.1, 0.15) is 13.1 Å². The molecule has 0 aromatic heterocycles. The Hall–Kier alpha value is -1.78. The fraction of sp³-hybridized carbons (Fsp3) is 0.516. The second-order valence-electron chi connectivity index (χ2n) is 9.13. The molecule has 38 heavy (non-hydrogen) atoms. The summed E-state index contributed by atoms with van der Waals surface area (Å²) in [4.78, 5) is 10.6. The number of aromatic carboxylic acids is 1. The third kappa shape index (κ3) is 14.4. The molecular formula is C31H51IN2O4. The molecule has 0 aliphatic rings. The summed E-state index contributed by atoms with van der Waals surface area (Å²) in [5, 5.41) is 28.1. The van der Waals surface area contributed by atoms with Crippen LogP contribution in [0.3, 0.4) is 0 Å². The molecule has 2 aromatic carbocycles. The third-order valence-electron chi connectivity index (χ3n) is 7.59. The fourth-order valence-corrected chi connectivity index (χ4v) is 4.20. The second kappa shape index (κ2) is 22.1. The predicted octanol–water partition coefficient (Wildman–Crippen LogP) is 0.935. The van der Waals surface area contributed by atoms with Crippen molar-refractivity contribution in [1.29, 1.82) is 0 Å². The highest BCUT2D eigenvalue weighted by Crippen LogP contribution is 2.09. The topological polar surface area (TPSA) is 80.6 Å². The highest BCUT2D eigenvalue weighted by molar-refractivity contribution is 5.86. The van der Waals surface area contributed by atoms with E-state index in [1.807, 2.05) is 42.5 Å². The largest absolute Gasteiger partial charge is 1.00 e. The number of benzene rings is 2. The highest BCUT2D eigenvalue weighted by atomic mass is 127. The number of halogens is 1. The van der Waals surface area contributed by atoms with Crippen LogP contribution in [0.5, 0.6) is 0 Å². The molecule has 0 amide bonds. The average Bonchev–Trinajstić information content (AvgIpc) is 2.95. The lowest BCUT2D eigenvalue weighted by Crippen LogP contribution is -3.00. The van der Waals surface area contributed by atoms with Crippen LogP contribution in [-0.2, 0) is 0 Å². The smallest absolute Gasteiger partial charge is 0.102 e. The summed E-state index contributed by atoms with van der Waals surface area (Å²) >= 11 is 0. The molecule has 2 aromatic rings. The van der Waals surface area contributed by atoms with Crippen LogP contribution in [0.25, 0.3) is 12.2 Å². The van der Waals surface area contributed by atoms with Crippen molar-refractivity contribution < 1.29 is 53.1 Å². The third-order valence-corrected chi connectivity index (χ3v) is 7.59. The van der Waals surface area contributed by atoms with Crippen molar-refractivity contribution in [3.8, 4) is 0 Å². The van der Waals surface area contributed by atoms with Gasteiger partial charge in [-0.25, -0.2) is 0 Å². The maximum atomic E-state index is 10.6. The Balaban J connectivity index is 0. The second-order valence-corrected chi connectivity index (χ2v) is 9.13. The summed E-state index contributed by atoms with van der Waals surface area (Å²) in [6.45, 7) is 22.3. The van der Waals surface area contributed by atoms with Gasteiger partial charge in [0.25, 0.3) is 0 Å². The summed E-state index contributed by atoms with van der Waals surface area (Å²) in [5.74, 6) is -1.15. The predicted molar refractivity (Wildman–Crippen MR) is 154 cm³/mol. The first-order valence-electron chi connectivity index (χ1n) is 13.7. The Morgan fingerprint density at radius 1 is 0.658 bits per heavy atom. The van der Waals surface area contributed by atoms with Gasteiger partial charge < -0.3 is 53.1 Å². The molecule has 0 bridgehead atoms. The first kappa shape index (κ1) is 38.4. The van der Waals surface area contributed by atoms with Crippen molar-refractivity contribution in [1.82, 2.24) is 0 Å². The van der Waals surface area contributed by atoms with Gasteiger partial charge in [-0.15, -0.1) is 0 Å². The van der Waals surface area contributed by atoms with Crippen LogP contribution in [0.15, 0.2) is 54.6 Å². The molecule has 7 heteroatoms. The lowest BCUT2D eigenvalue weighted by Gasteiger charge is -2.34. The van der Waals surface area contributed by atoms with Crippen molar-refractivity contribution in [3.63, 3.8) is 0 Å². The quantitative estimate of drug-likeness (QED) is 0.194. The maximum Gasteiger partial charge on any atom is 0.102 e. The highest BCUT2D eigenvalue weighted by Gasteiger charge is 2.19. The molecule has 0 aliphatic heterocycles. The standard InChI is InChI=1S/C15H12O2.2C8H20NO.HI/c16-15(17)14-10-8-13(9-11-14)7-6-12-4-2-1-3-5-12;2*1-4-9(5-2,6-3)7-8-10;/h1-11H,(H,16,17);2*10H,4-8H2,1-3H3;1H/q;2*+1;/p-2. The van der Waals surface area contributed by atoms with E-state index in [4.69, 9.17) is 10.2 Å². The SMILES string of the molecule is CC[N+](CC)(CC)CCO.CC[N+](CC)(CC)CCO.O=C([O-])c1ccc(C=Cc2ccccc2)cc1.[I-].